The highest BCUT2D eigenvalue weighted by molar-refractivity contribution is 5.62. The predicted octanol–water partition coefficient (Wildman–Crippen LogP) is 5.23. The number of rotatable bonds is 2. The lowest BCUT2D eigenvalue weighted by Gasteiger charge is -2.42. The quantitative estimate of drug-likeness (QED) is 0.803. The first-order valence-electron chi connectivity index (χ1n) is 10.2. The van der Waals surface area contributed by atoms with Gasteiger partial charge in [0.05, 0.1) is 11.9 Å². The minimum Gasteiger partial charge on any atom is -0.342 e. The minimum absolute atomic E-state index is 0.248. The zero-order valence-electron chi connectivity index (χ0n) is 17.0. The molecule has 2 aliphatic rings. The highest BCUT2D eigenvalue weighted by Crippen LogP contribution is 2.46. The van der Waals surface area contributed by atoms with Gasteiger partial charge in [-0.3, -0.25) is 0 Å². The van der Waals surface area contributed by atoms with Gasteiger partial charge in [0.1, 0.15) is 5.82 Å². The number of hydrogen-bond acceptors (Lipinski definition) is 2. The summed E-state index contributed by atoms with van der Waals surface area (Å²) in [5.74, 6) is 1.75. The van der Waals surface area contributed by atoms with Crippen LogP contribution in [0, 0.1) is 0 Å². The lowest BCUT2D eigenvalue weighted by molar-refractivity contribution is 0.251. The van der Waals surface area contributed by atoms with E-state index in [1.165, 1.54) is 67.0 Å². The maximum atomic E-state index is 4.74. The van der Waals surface area contributed by atoms with Gasteiger partial charge in [-0.25, -0.2) is 4.98 Å². The molecule has 0 unspecified atom stereocenters. The summed E-state index contributed by atoms with van der Waals surface area (Å²) in [6, 6.07) is 7.07. The predicted molar refractivity (Wildman–Crippen MR) is 109 cm³/mol. The van der Waals surface area contributed by atoms with Crippen molar-refractivity contribution < 1.29 is 0 Å². The second-order valence-corrected chi connectivity index (χ2v) is 9.79. The van der Waals surface area contributed by atoms with Crippen LogP contribution in [0.5, 0.6) is 0 Å². The van der Waals surface area contributed by atoms with E-state index in [-0.39, 0.29) is 10.8 Å². The van der Waals surface area contributed by atoms with E-state index in [1.54, 1.807) is 0 Å². The molecule has 26 heavy (non-hydrogen) atoms. The van der Waals surface area contributed by atoms with Crippen molar-refractivity contribution in [2.45, 2.75) is 70.1 Å². The summed E-state index contributed by atoms with van der Waals surface area (Å²) in [6.45, 7) is 11.9. The summed E-state index contributed by atoms with van der Waals surface area (Å²) in [7, 11) is 2.21. The number of nitrogens with one attached hydrogen (secondary N) is 1. The van der Waals surface area contributed by atoms with Crippen LogP contribution >= 0.6 is 0 Å². The molecule has 1 fully saturated rings. The van der Waals surface area contributed by atoms with E-state index in [4.69, 9.17) is 4.98 Å². The van der Waals surface area contributed by atoms with Crippen LogP contribution in [0.15, 0.2) is 24.4 Å². The number of aromatic nitrogens is 2. The molecule has 4 rings (SSSR count). The van der Waals surface area contributed by atoms with Gasteiger partial charge in [0.25, 0.3) is 0 Å². The van der Waals surface area contributed by atoms with Crippen molar-refractivity contribution in [3.8, 4) is 11.3 Å². The Morgan fingerprint density at radius 2 is 1.65 bits per heavy atom. The Balaban J connectivity index is 1.65. The first-order valence-corrected chi connectivity index (χ1v) is 10.2. The highest BCUT2D eigenvalue weighted by atomic mass is 15.1. The summed E-state index contributed by atoms with van der Waals surface area (Å²) >= 11 is 0. The first kappa shape index (κ1) is 17.8. The van der Waals surface area contributed by atoms with Crippen LogP contribution in [0.1, 0.15) is 76.2 Å². The van der Waals surface area contributed by atoms with E-state index in [0.29, 0.717) is 5.92 Å². The van der Waals surface area contributed by atoms with Crippen molar-refractivity contribution in [3.63, 3.8) is 0 Å². The first-order chi connectivity index (χ1) is 12.3. The molecule has 0 bridgehead atoms. The molecule has 0 amide bonds. The Morgan fingerprint density at radius 3 is 2.35 bits per heavy atom. The molecular weight excluding hydrogens is 318 g/mol. The van der Waals surface area contributed by atoms with Gasteiger partial charge in [0.15, 0.2) is 0 Å². The average molecular weight is 352 g/mol. The Bertz CT molecular complexity index is 792. The second-order valence-electron chi connectivity index (χ2n) is 9.79. The third kappa shape index (κ3) is 3.11. The number of fused-ring (bicyclic) bond motifs is 1. The third-order valence-corrected chi connectivity index (χ3v) is 6.86. The van der Waals surface area contributed by atoms with Crippen molar-refractivity contribution in [1.82, 2.24) is 14.9 Å². The smallest absolute Gasteiger partial charge is 0.109 e. The van der Waals surface area contributed by atoms with E-state index in [2.05, 4.69) is 62.8 Å². The van der Waals surface area contributed by atoms with Gasteiger partial charge in [-0.2, -0.15) is 0 Å². The largest absolute Gasteiger partial charge is 0.342 e. The van der Waals surface area contributed by atoms with Gasteiger partial charge >= 0.3 is 0 Å². The van der Waals surface area contributed by atoms with Crippen molar-refractivity contribution >= 4 is 0 Å². The van der Waals surface area contributed by atoms with Gasteiger partial charge in [-0.05, 0) is 79.4 Å². The fourth-order valence-electron chi connectivity index (χ4n) is 4.73. The van der Waals surface area contributed by atoms with E-state index in [1.807, 2.05) is 6.20 Å². The normalized spacial score (nSPS) is 23.0. The molecule has 1 aliphatic carbocycles. The molecule has 1 aliphatic heterocycles. The van der Waals surface area contributed by atoms with E-state index < -0.39 is 0 Å². The van der Waals surface area contributed by atoms with E-state index in [9.17, 15) is 0 Å². The van der Waals surface area contributed by atoms with Crippen LogP contribution in [-0.2, 0) is 10.8 Å². The van der Waals surface area contributed by atoms with E-state index in [0.717, 1.165) is 0 Å². The Hall–Kier alpha value is -1.61. The number of aromatic amines is 1. The minimum atomic E-state index is 0.248. The van der Waals surface area contributed by atoms with Crippen LogP contribution in [0.25, 0.3) is 11.3 Å². The highest BCUT2D eigenvalue weighted by Gasteiger charge is 2.37. The molecule has 2 heterocycles. The van der Waals surface area contributed by atoms with Crippen LogP contribution < -0.4 is 0 Å². The molecule has 1 saturated heterocycles. The van der Waals surface area contributed by atoms with Gasteiger partial charge in [0.2, 0.25) is 0 Å². The number of hydrogen-bond donors (Lipinski definition) is 1. The standard InChI is InChI=1S/C23H33N3/c1-22(2)10-11-23(3,4)19-14-17(6-7-18(19)22)20-15-24-21(25-20)16-8-12-26(5)13-9-16/h6-7,14-16H,8-13H2,1-5H3,(H,24,25). The average Bonchev–Trinajstić information content (AvgIpc) is 3.09. The second kappa shape index (κ2) is 6.23. The number of piperidine rings is 1. The van der Waals surface area contributed by atoms with Crippen LogP contribution in [0.2, 0.25) is 0 Å². The maximum Gasteiger partial charge on any atom is 0.109 e. The Kier molecular flexibility index (Phi) is 4.26. The molecule has 1 N–H and O–H groups in total. The van der Waals surface area contributed by atoms with Crippen molar-refractivity contribution in [3.05, 3.63) is 41.3 Å². The lowest BCUT2D eigenvalue weighted by atomic mass is 9.63. The van der Waals surface area contributed by atoms with Gasteiger partial charge in [-0.1, -0.05) is 39.8 Å². The summed E-state index contributed by atoms with van der Waals surface area (Å²) in [5.41, 5.74) is 6.00. The molecule has 3 nitrogen and oxygen atoms in total. The zero-order chi connectivity index (χ0) is 18.5. The lowest BCUT2D eigenvalue weighted by Crippen LogP contribution is -2.33. The number of nitrogens with zero attached hydrogens (tertiary/aromatic N) is 2. The van der Waals surface area contributed by atoms with Gasteiger partial charge in [-0.15, -0.1) is 0 Å². The summed E-state index contributed by atoms with van der Waals surface area (Å²) in [6.07, 6.45) is 6.96. The van der Waals surface area contributed by atoms with Crippen LogP contribution in [0.4, 0.5) is 0 Å². The SMILES string of the molecule is CN1CCC(c2ncc(-c3ccc4c(c3)C(C)(C)CCC4(C)C)[nH]2)CC1. The number of imidazole rings is 1. The Morgan fingerprint density at radius 1 is 1.00 bits per heavy atom. The molecule has 140 valence electrons. The van der Waals surface area contributed by atoms with Crippen LogP contribution in [-0.4, -0.2) is 35.0 Å². The molecular formula is C23H33N3. The molecule has 0 saturated carbocycles. The molecule has 1 aromatic heterocycles. The topological polar surface area (TPSA) is 31.9 Å². The van der Waals surface area contributed by atoms with Crippen molar-refractivity contribution in [2.75, 3.05) is 20.1 Å². The molecule has 0 spiro atoms. The number of H-pyrrole nitrogens is 1. The summed E-state index contributed by atoms with van der Waals surface area (Å²) in [4.78, 5) is 10.8. The maximum absolute atomic E-state index is 4.74. The van der Waals surface area contributed by atoms with Crippen molar-refractivity contribution in [2.24, 2.45) is 0 Å². The fourth-order valence-corrected chi connectivity index (χ4v) is 4.73. The molecule has 0 atom stereocenters. The molecule has 1 aromatic carbocycles. The Labute approximate surface area is 158 Å². The summed E-state index contributed by atoms with van der Waals surface area (Å²) < 4.78 is 0. The van der Waals surface area contributed by atoms with E-state index >= 15 is 0 Å². The monoisotopic (exact) mass is 351 g/mol. The number of benzene rings is 1. The number of likely N-dealkylation sites (tertiary alicyclic amines) is 1. The van der Waals surface area contributed by atoms with Crippen molar-refractivity contribution in [1.29, 1.82) is 0 Å². The summed E-state index contributed by atoms with van der Waals surface area (Å²) in [5, 5.41) is 0. The van der Waals surface area contributed by atoms with Gasteiger partial charge in [0, 0.05) is 5.92 Å². The van der Waals surface area contributed by atoms with Crippen LogP contribution in [0.3, 0.4) is 0 Å². The molecule has 3 heteroatoms. The zero-order valence-corrected chi connectivity index (χ0v) is 17.0. The molecule has 0 radical (unpaired) electrons. The third-order valence-electron chi connectivity index (χ3n) is 6.86. The fraction of sp³-hybridized carbons (Fsp3) is 0.609. The molecule has 2 aromatic rings. The van der Waals surface area contributed by atoms with Gasteiger partial charge < -0.3 is 9.88 Å².